The standard InChI is InChI=1S/C14H9N3O5S/c18-14-10-6-9(5-4-8(10)7-21-14)17-23(19,20)12-3-1-2-11-13(12)16-22-15-11/h1-6,17H,7H2. The monoisotopic (exact) mass is 331 g/mol. The van der Waals surface area contributed by atoms with Gasteiger partial charge in [0.1, 0.15) is 17.0 Å². The van der Waals surface area contributed by atoms with Gasteiger partial charge in [0.25, 0.3) is 10.0 Å². The molecule has 0 amide bonds. The maximum atomic E-state index is 12.6. The van der Waals surface area contributed by atoms with E-state index in [4.69, 9.17) is 4.74 Å². The number of esters is 1. The average molecular weight is 331 g/mol. The SMILES string of the molecule is O=C1OCc2ccc(NS(=O)(=O)c3cccc4nonc34)cc21. The molecule has 3 aromatic rings. The summed E-state index contributed by atoms with van der Waals surface area (Å²) in [5.74, 6) is -0.469. The van der Waals surface area contributed by atoms with Crippen LogP contribution in [0.3, 0.4) is 0 Å². The summed E-state index contributed by atoms with van der Waals surface area (Å²) in [4.78, 5) is 11.5. The normalized spacial score (nSPS) is 13.8. The van der Waals surface area contributed by atoms with Crippen LogP contribution >= 0.6 is 0 Å². The summed E-state index contributed by atoms with van der Waals surface area (Å²) >= 11 is 0. The lowest BCUT2D eigenvalue weighted by Crippen LogP contribution is -2.14. The molecule has 9 heteroatoms. The largest absolute Gasteiger partial charge is 0.457 e. The number of nitrogens with one attached hydrogen (secondary N) is 1. The van der Waals surface area contributed by atoms with Crippen molar-refractivity contribution in [2.75, 3.05) is 4.72 Å². The van der Waals surface area contributed by atoms with Gasteiger partial charge in [0.15, 0.2) is 5.52 Å². The second-order valence-corrected chi connectivity index (χ2v) is 6.59. The molecule has 0 bridgehead atoms. The minimum atomic E-state index is -3.91. The number of cyclic esters (lactones) is 1. The lowest BCUT2D eigenvalue weighted by molar-refractivity contribution is 0.0535. The summed E-state index contributed by atoms with van der Waals surface area (Å²) in [6, 6.07) is 9.20. The third-order valence-corrected chi connectivity index (χ3v) is 4.89. The third-order valence-electron chi connectivity index (χ3n) is 3.48. The van der Waals surface area contributed by atoms with Gasteiger partial charge in [0, 0.05) is 11.3 Å². The molecule has 0 spiro atoms. The van der Waals surface area contributed by atoms with Crippen LogP contribution in [-0.4, -0.2) is 24.7 Å². The number of sulfonamides is 1. The zero-order chi connectivity index (χ0) is 16.0. The van der Waals surface area contributed by atoms with E-state index >= 15 is 0 Å². The first-order chi connectivity index (χ1) is 11.0. The van der Waals surface area contributed by atoms with Crippen molar-refractivity contribution in [2.45, 2.75) is 11.5 Å². The minimum Gasteiger partial charge on any atom is -0.457 e. The predicted octanol–water partition coefficient (Wildman–Crippen LogP) is 1.69. The number of nitrogens with zero attached hydrogens (tertiary/aromatic N) is 2. The summed E-state index contributed by atoms with van der Waals surface area (Å²) in [5, 5.41) is 7.23. The van der Waals surface area contributed by atoms with Crippen LogP contribution in [0.15, 0.2) is 45.9 Å². The fourth-order valence-electron chi connectivity index (χ4n) is 2.39. The van der Waals surface area contributed by atoms with Crippen molar-refractivity contribution < 1.29 is 22.6 Å². The molecule has 0 fully saturated rings. The van der Waals surface area contributed by atoms with E-state index < -0.39 is 16.0 Å². The number of carbonyl (C=O) groups is 1. The molecule has 4 rings (SSSR count). The van der Waals surface area contributed by atoms with Crippen LogP contribution in [0.25, 0.3) is 11.0 Å². The van der Waals surface area contributed by atoms with E-state index in [1.165, 1.54) is 12.1 Å². The molecule has 116 valence electrons. The molecule has 1 aromatic heterocycles. The van der Waals surface area contributed by atoms with Gasteiger partial charge in [-0.3, -0.25) is 4.72 Å². The Bertz CT molecular complexity index is 1040. The van der Waals surface area contributed by atoms with Crippen LogP contribution in [0.1, 0.15) is 15.9 Å². The highest BCUT2D eigenvalue weighted by Gasteiger charge is 2.24. The second-order valence-electron chi connectivity index (χ2n) is 4.94. The van der Waals surface area contributed by atoms with E-state index in [1.807, 2.05) is 0 Å². The number of hydrogen-bond acceptors (Lipinski definition) is 7. The molecule has 1 N–H and O–H groups in total. The van der Waals surface area contributed by atoms with Crippen LogP contribution in [0.4, 0.5) is 5.69 Å². The summed E-state index contributed by atoms with van der Waals surface area (Å²) in [5.41, 5.74) is 1.81. The molecule has 0 aliphatic carbocycles. The van der Waals surface area contributed by atoms with Crippen LogP contribution in [0.2, 0.25) is 0 Å². The van der Waals surface area contributed by atoms with Gasteiger partial charge in [-0.25, -0.2) is 17.8 Å². The highest BCUT2D eigenvalue weighted by atomic mass is 32.2. The zero-order valence-corrected chi connectivity index (χ0v) is 12.3. The van der Waals surface area contributed by atoms with Crippen molar-refractivity contribution in [2.24, 2.45) is 0 Å². The highest BCUT2D eigenvalue weighted by Crippen LogP contribution is 2.26. The smallest absolute Gasteiger partial charge is 0.338 e. The summed E-state index contributed by atoms with van der Waals surface area (Å²) in [6.45, 7) is 0.200. The number of benzene rings is 2. The van der Waals surface area contributed by atoms with Crippen LogP contribution in [-0.2, 0) is 21.4 Å². The first-order valence-electron chi connectivity index (χ1n) is 6.59. The molecular weight excluding hydrogens is 322 g/mol. The van der Waals surface area contributed by atoms with Gasteiger partial charge in [-0.2, -0.15) is 0 Å². The molecule has 23 heavy (non-hydrogen) atoms. The van der Waals surface area contributed by atoms with Crippen molar-refractivity contribution in [1.82, 2.24) is 10.3 Å². The topological polar surface area (TPSA) is 111 Å². The highest BCUT2D eigenvalue weighted by molar-refractivity contribution is 7.93. The van der Waals surface area contributed by atoms with E-state index in [0.717, 1.165) is 5.56 Å². The van der Waals surface area contributed by atoms with Gasteiger partial charge in [-0.05, 0) is 34.6 Å². The number of rotatable bonds is 3. The molecule has 0 atom stereocenters. The molecule has 0 radical (unpaired) electrons. The van der Waals surface area contributed by atoms with Crippen molar-refractivity contribution in [3.63, 3.8) is 0 Å². The fourth-order valence-corrected chi connectivity index (χ4v) is 3.59. The summed E-state index contributed by atoms with van der Waals surface area (Å²) in [7, 11) is -3.91. The van der Waals surface area contributed by atoms with Crippen molar-refractivity contribution in [1.29, 1.82) is 0 Å². The van der Waals surface area contributed by atoms with Crippen LogP contribution in [0.5, 0.6) is 0 Å². The summed E-state index contributed by atoms with van der Waals surface area (Å²) in [6.07, 6.45) is 0. The second kappa shape index (κ2) is 4.78. The maximum absolute atomic E-state index is 12.6. The van der Waals surface area contributed by atoms with Crippen LogP contribution < -0.4 is 4.72 Å². The first kappa shape index (κ1) is 13.7. The molecule has 8 nitrogen and oxygen atoms in total. The van der Waals surface area contributed by atoms with E-state index in [1.54, 1.807) is 24.3 Å². The summed E-state index contributed by atoms with van der Waals surface area (Å²) < 4.78 is 37.0. The molecule has 0 saturated heterocycles. The van der Waals surface area contributed by atoms with E-state index in [9.17, 15) is 13.2 Å². The Hall–Kier alpha value is -2.94. The Morgan fingerprint density at radius 2 is 2.00 bits per heavy atom. The first-order valence-corrected chi connectivity index (χ1v) is 8.07. The van der Waals surface area contributed by atoms with Gasteiger partial charge in [-0.1, -0.05) is 12.1 Å². The lowest BCUT2D eigenvalue weighted by atomic mass is 10.1. The zero-order valence-electron chi connectivity index (χ0n) is 11.5. The quantitative estimate of drug-likeness (QED) is 0.727. The van der Waals surface area contributed by atoms with Crippen molar-refractivity contribution in [3.8, 4) is 0 Å². The number of fused-ring (bicyclic) bond motifs is 2. The Balaban J connectivity index is 1.75. The van der Waals surface area contributed by atoms with Gasteiger partial charge in [0.05, 0.1) is 5.56 Å². The predicted molar refractivity (Wildman–Crippen MR) is 78.2 cm³/mol. The molecule has 0 unspecified atom stereocenters. The lowest BCUT2D eigenvalue weighted by Gasteiger charge is -2.08. The number of ether oxygens (including phenoxy) is 1. The molecule has 1 aliphatic heterocycles. The van der Waals surface area contributed by atoms with Gasteiger partial charge in [-0.15, -0.1) is 0 Å². The molecular formula is C14H9N3O5S. The van der Waals surface area contributed by atoms with Gasteiger partial charge < -0.3 is 4.74 Å². The number of anilines is 1. The van der Waals surface area contributed by atoms with E-state index in [-0.39, 0.29) is 22.7 Å². The minimum absolute atomic E-state index is 0.0562. The fraction of sp³-hybridized carbons (Fsp3) is 0.0714. The van der Waals surface area contributed by atoms with E-state index in [0.29, 0.717) is 11.1 Å². The van der Waals surface area contributed by atoms with Gasteiger partial charge >= 0.3 is 5.97 Å². The molecule has 0 saturated carbocycles. The van der Waals surface area contributed by atoms with Crippen LogP contribution in [0, 0.1) is 0 Å². The Labute approximate surface area is 130 Å². The Morgan fingerprint density at radius 3 is 2.87 bits per heavy atom. The molecule has 1 aliphatic rings. The molecule has 2 aromatic carbocycles. The van der Waals surface area contributed by atoms with Crippen molar-refractivity contribution >= 4 is 32.7 Å². The van der Waals surface area contributed by atoms with Gasteiger partial charge in [0.2, 0.25) is 0 Å². The number of carbonyl (C=O) groups excluding carboxylic acids is 1. The number of hydrogen-bond donors (Lipinski definition) is 1. The van der Waals surface area contributed by atoms with E-state index in [2.05, 4.69) is 19.7 Å². The third kappa shape index (κ3) is 2.21. The average Bonchev–Trinajstić information content (AvgIpc) is 3.13. The molecule has 2 heterocycles. The Kier molecular flexibility index (Phi) is 2.85. The maximum Gasteiger partial charge on any atom is 0.338 e. The number of aromatic nitrogens is 2. The Morgan fingerprint density at radius 1 is 1.13 bits per heavy atom. The van der Waals surface area contributed by atoms with Crippen molar-refractivity contribution in [3.05, 3.63) is 47.5 Å².